The zero-order valence-electron chi connectivity index (χ0n) is 18.4. The second kappa shape index (κ2) is 9.53. The molecule has 2 heterocycles. The molecule has 0 spiro atoms. The van der Waals surface area contributed by atoms with Gasteiger partial charge in [0, 0.05) is 25.7 Å². The highest BCUT2D eigenvalue weighted by atomic mass is 35.5. The molecule has 0 radical (unpaired) electrons. The van der Waals surface area contributed by atoms with Gasteiger partial charge in [0.2, 0.25) is 0 Å². The van der Waals surface area contributed by atoms with Crippen LogP contribution in [-0.4, -0.2) is 51.3 Å². The van der Waals surface area contributed by atoms with Gasteiger partial charge in [-0.1, -0.05) is 30.5 Å². The van der Waals surface area contributed by atoms with E-state index in [4.69, 9.17) is 16.6 Å². The van der Waals surface area contributed by atoms with E-state index in [1.165, 1.54) is 12.8 Å². The number of rotatable bonds is 5. The standard InChI is InChI=1S/C22H31ClFN7/c1-14-28-29-20(31(14)3)13-25-22(26-16-6-4-5-7-16)27-19-10-11-30(2)21(19)15-8-9-17(23)18(24)12-15/h8-9,12,16,19,21H,4-7,10-11,13H2,1-3H3,(H2,25,26,27). The number of hydrogen-bond donors (Lipinski definition) is 2. The summed E-state index contributed by atoms with van der Waals surface area (Å²) in [5, 5.41) is 15.8. The van der Waals surface area contributed by atoms with Crippen LogP contribution in [0.3, 0.4) is 0 Å². The average Bonchev–Trinajstić information content (AvgIpc) is 3.46. The molecular weight excluding hydrogens is 417 g/mol. The summed E-state index contributed by atoms with van der Waals surface area (Å²) in [6.07, 6.45) is 5.73. The van der Waals surface area contributed by atoms with Crippen LogP contribution in [0.2, 0.25) is 5.02 Å². The Morgan fingerprint density at radius 3 is 2.65 bits per heavy atom. The molecule has 1 aliphatic carbocycles. The largest absolute Gasteiger partial charge is 0.354 e. The second-order valence-corrected chi connectivity index (χ2v) is 9.06. The van der Waals surface area contributed by atoms with Gasteiger partial charge in [0.05, 0.1) is 11.1 Å². The van der Waals surface area contributed by atoms with E-state index in [2.05, 4.69) is 32.8 Å². The van der Waals surface area contributed by atoms with Crippen molar-refractivity contribution in [1.29, 1.82) is 0 Å². The highest BCUT2D eigenvalue weighted by Gasteiger charge is 2.34. The predicted octanol–water partition coefficient (Wildman–Crippen LogP) is 3.34. The van der Waals surface area contributed by atoms with Gasteiger partial charge in [0.25, 0.3) is 0 Å². The summed E-state index contributed by atoms with van der Waals surface area (Å²) in [4.78, 5) is 7.09. The van der Waals surface area contributed by atoms with Crippen LogP contribution < -0.4 is 10.6 Å². The Morgan fingerprint density at radius 2 is 1.97 bits per heavy atom. The van der Waals surface area contributed by atoms with Crippen LogP contribution in [0.4, 0.5) is 4.39 Å². The highest BCUT2D eigenvalue weighted by molar-refractivity contribution is 6.30. The van der Waals surface area contributed by atoms with Crippen molar-refractivity contribution in [3.8, 4) is 0 Å². The van der Waals surface area contributed by atoms with Gasteiger partial charge < -0.3 is 15.2 Å². The van der Waals surface area contributed by atoms with E-state index in [-0.39, 0.29) is 22.9 Å². The van der Waals surface area contributed by atoms with Crippen molar-refractivity contribution in [2.24, 2.45) is 12.0 Å². The third-order valence-electron chi connectivity index (χ3n) is 6.51. The number of hydrogen-bond acceptors (Lipinski definition) is 4. The summed E-state index contributed by atoms with van der Waals surface area (Å²) < 4.78 is 16.1. The molecule has 1 aromatic carbocycles. The number of likely N-dealkylation sites (N-methyl/N-ethyl adjacent to an activating group) is 1. The third kappa shape index (κ3) is 5.01. The zero-order valence-corrected chi connectivity index (χ0v) is 19.2. The average molecular weight is 448 g/mol. The summed E-state index contributed by atoms with van der Waals surface area (Å²) in [5.41, 5.74) is 0.920. The molecule has 4 rings (SSSR count). The highest BCUT2D eigenvalue weighted by Crippen LogP contribution is 2.32. The van der Waals surface area contributed by atoms with Crippen LogP contribution in [-0.2, 0) is 13.6 Å². The molecule has 31 heavy (non-hydrogen) atoms. The Hall–Kier alpha value is -2.19. The van der Waals surface area contributed by atoms with E-state index in [0.29, 0.717) is 12.6 Å². The first-order valence-corrected chi connectivity index (χ1v) is 11.4. The first-order valence-electron chi connectivity index (χ1n) is 11.0. The van der Waals surface area contributed by atoms with Crippen molar-refractivity contribution in [3.63, 3.8) is 0 Å². The lowest BCUT2D eigenvalue weighted by Crippen LogP contribution is -2.48. The summed E-state index contributed by atoms with van der Waals surface area (Å²) in [6.45, 7) is 3.30. The van der Waals surface area contributed by atoms with Crippen LogP contribution in [0.25, 0.3) is 0 Å². The number of aryl methyl sites for hydroxylation is 1. The third-order valence-corrected chi connectivity index (χ3v) is 6.82. The van der Waals surface area contributed by atoms with Gasteiger partial charge >= 0.3 is 0 Å². The number of aliphatic imine (C=N–C) groups is 1. The molecule has 168 valence electrons. The first-order chi connectivity index (χ1) is 14.9. The van der Waals surface area contributed by atoms with Gasteiger partial charge in [0.15, 0.2) is 11.8 Å². The molecule has 1 aromatic heterocycles. The smallest absolute Gasteiger partial charge is 0.192 e. The van der Waals surface area contributed by atoms with Gasteiger partial charge in [0.1, 0.15) is 18.2 Å². The van der Waals surface area contributed by atoms with E-state index >= 15 is 0 Å². The molecule has 2 unspecified atom stereocenters. The fraction of sp³-hybridized carbons (Fsp3) is 0.591. The second-order valence-electron chi connectivity index (χ2n) is 8.65. The lowest BCUT2D eigenvalue weighted by molar-refractivity contribution is 0.295. The van der Waals surface area contributed by atoms with Crippen molar-refractivity contribution < 1.29 is 4.39 Å². The minimum absolute atomic E-state index is 0.0411. The molecule has 2 fully saturated rings. The Balaban J connectivity index is 1.54. The minimum Gasteiger partial charge on any atom is -0.354 e. The molecular formula is C22H31ClFN7. The fourth-order valence-electron chi connectivity index (χ4n) is 4.59. The Morgan fingerprint density at radius 1 is 1.19 bits per heavy atom. The van der Waals surface area contributed by atoms with Gasteiger partial charge in [-0.3, -0.25) is 4.90 Å². The minimum atomic E-state index is -0.381. The van der Waals surface area contributed by atoms with Crippen molar-refractivity contribution in [2.75, 3.05) is 13.6 Å². The van der Waals surface area contributed by atoms with E-state index in [0.717, 1.165) is 49.0 Å². The SMILES string of the molecule is Cc1nnc(CN=C(NC2CCCC2)NC2CCN(C)C2c2ccc(Cl)c(F)c2)n1C. The molecule has 2 N–H and O–H groups in total. The summed E-state index contributed by atoms with van der Waals surface area (Å²) in [6, 6.07) is 5.68. The molecule has 2 aliphatic rings. The molecule has 2 atom stereocenters. The van der Waals surface area contributed by atoms with Crippen LogP contribution in [0.5, 0.6) is 0 Å². The molecule has 7 nitrogen and oxygen atoms in total. The van der Waals surface area contributed by atoms with Gasteiger partial charge in [-0.25, -0.2) is 9.38 Å². The van der Waals surface area contributed by atoms with E-state index in [1.807, 2.05) is 24.6 Å². The maximum Gasteiger partial charge on any atom is 0.192 e. The monoisotopic (exact) mass is 447 g/mol. The first kappa shape index (κ1) is 22.0. The summed E-state index contributed by atoms with van der Waals surface area (Å²) in [5.74, 6) is 2.09. The molecule has 1 saturated carbocycles. The lowest BCUT2D eigenvalue weighted by atomic mass is 10.00. The molecule has 1 aliphatic heterocycles. The molecule has 0 bridgehead atoms. The maximum absolute atomic E-state index is 14.1. The van der Waals surface area contributed by atoms with Gasteiger partial charge in [-0.05, 0) is 50.9 Å². The van der Waals surface area contributed by atoms with E-state index < -0.39 is 0 Å². The summed E-state index contributed by atoms with van der Waals surface area (Å²) in [7, 11) is 4.02. The van der Waals surface area contributed by atoms with Crippen LogP contribution in [0, 0.1) is 12.7 Å². The molecule has 2 aromatic rings. The Bertz CT molecular complexity index is 938. The van der Waals surface area contributed by atoms with E-state index in [1.54, 1.807) is 12.1 Å². The summed E-state index contributed by atoms with van der Waals surface area (Å²) >= 11 is 5.91. The number of aromatic nitrogens is 3. The van der Waals surface area contributed by atoms with Crippen LogP contribution >= 0.6 is 11.6 Å². The number of halogens is 2. The number of guanidine groups is 1. The zero-order chi connectivity index (χ0) is 22.0. The quantitative estimate of drug-likeness (QED) is 0.543. The topological polar surface area (TPSA) is 70.4 Å². The normalized spacial score (nSPS) is 22.9. The predicted molar refractivity (Wildman–Crippen MR) is 121 cm³/mol. The number of benzene rings is 1. The maximum atomic E-state index is 14.1. The number of nitrogens with zero attached hydrogens (tertiary/aromatic N) is 5. The van der Waals surface area contributed by atoms with Crippen LogP contribution in [0.15, 0.2) is 23.2 Å². The number of likely N-dealkylation sites (tertiary alicyclic amines) is 1. The molecule has 1 saturated heterocycles. The van der Waals surface area contributed by atoms with Crippen LogP contribution in [0.1, 0.15) is 55.4 Å². The number of nitrogens with one attached hydrogen (secondary N) is 2. The van der Waals surface area contributed by atoms with Crippen molar-refractivity contribution in [2.45, 2.75) is 63.7 Å². The van der Waals surface area contributed by atoms with E-state index in [9.17, 15) is 4.39 Å². The van der Waals surface area contributed by atoms with Gasteiger partial charge in [-0.15, -0.1) is 10.2 Å². The van der Waals surface area contributed by atoms with Crippen molar-refractivity contribution in [1.82, 2.24) is 30.3 Å². The fourth-order valence-corrected chi connectivity index (χ4v) is 4.71. The molecule has 9 heteroatoms. The lowest BCUT2D eigenvalue weighted by Gasteiger charge is -2.28. The van der Waals surface area contributed by atoms with Crippen molar-refractivity contribution >= 4 is 17.6 Å². The van der Waals surface area contributed by atoms with Crippen molar-refractivity contribution in [3.05, 3.63) is 46.3 Å². The Labute approximate surface area is 188 Å². The molecule has 0 amide bonds. The Kier molecular flexibility index (Phi) is 6.77. The van der Waals surface area contributed by atoms with Gasteiger partial charge in [-0.2, -0.15) is 0 Å².